The molecule has 166 valence electrons. The fourth-order valence-corrected chi connectivity index (χ4v) is 3.73. The second-order valence-electron chi connectivity index (χ2n) is 7.79. The number of nitrogens with one attached hydrogen (secondary N) is 2. The summed E-state index contributed by atoms with van der Waals surface area (Å²) < 4.78 is 16.7. The van der Waals surface area contributed by atoms with Crippen LogP contribution in [0.4, 0.5) is 11.4 Å². The van der Waals surface area contributed by atoms with Crippen molar-refractivity contribution in [3.8, 4) is 11.5 Å². The Morgan fingerprint density at radius 1 is 1.12 bits per heavy atom. The van der Waals surface area contributed by atoms with Gasteiger partial charge in [-0.3, -0.25) is 9.59 Å². The predicted octanol–water partition coefficient (Wildman–Crippen LogP) is 4.61. The van der Waals surface area contributed by atoms with Crippen LogP contribution >= 0.6 is 0 Å². The van der Waals surface area contributed by atoms with E-state index in [0.29, 0.717) is 34.2 Å². The molecule has 2 heterocycles. The second kappa shape index (κ2) is 8.31. The zero-order valence-corrected chi connectivity index (χ0v) is 18.1. The van der Waals surface area contributed by atoms with Gasteiger partial charge in [0.05, 0.1) is 22.5 Å². The first-order valence-electron chi connectivity index (χ1n) is 10.4. The summed E-state index contributed by atoms with van der Waals surface area (Å²) in [4.78, 5) is 24.9. The SMILES string of the molecule is Cc1noc(C)c1COc1cc2ccccc2cc1C(=O)Nc1ccc2c(c1)NC(=O)CO2. The minimum atomic E-state index is -0.336. The molecule has 8 heteroatoms. The van der Waals surface area contributed by atoms with Gasteiger partial charge in [0.2, 0.25) is 0 Å². The lowest BCUT2D eigenvalue weighted by Gasteiger charge is -2.19. The van der Waals surface area contributed by atoms with E-state index in [-0.39, 0.29) is 25.0 Å². The van der Waals surface area contributed by atoms with Crippen LogP contribution in [0.15, 0.2) is 59.1 Å². The molecule has 0 saturated heterocycles. The first kappa shape index (κ1) is 20.6. The van der Waals surface area contributed by atoms with Gasteiger partial charge >= 0.3 is 0 Å². The zero-order valence-electron chi connectivity index (χ0n) is 18.1. The first-order valence-corrected chi connectivity index (χ1v) is 10.4. The number of fused-ring (bicyclic) bond motifs is 2. The lowest BCUT2D eigenvalue weighted by Crippen LogP contribution is -2.25. The van der Waals surface area contributed by atoms with Crippen molar-refractivity contribution in [3.05, 3.63) is 77.2 Å². The third kappa shape index (κ3) is 4.10. The topological polar surface area (TPSA) is 103 Å². The summed E-state index contributed by atoms with van der Waals surface area (Å²) in [5.41, 5.74) is 3.02. The van der Waals surface area contributed by atoms with Gasteiger partial charge in [-0.15, -0.1) is 0 Å². The van der Waals surface area contributed by atoms with Crippen LogP contribution in [0.3, 0.4) is 0 Å². The maximum Gasteiger partial charge on any atom is 0.262 e. The van der Waals surface area contributed by atoms with Crippen molar-refractivity contribution in [1.82, 2.24) is 5.16 Å². The average molecular weight is 443 g/mol. The maximum absolute atomic E-state index is 13.3. The predicted molar refractivity (Wildman–Crippen MR) is 123 cm³/mol. The number of ether oxygens (including phenoxy) is 2. The third-order valence-corrected chi connectivity index (χ3v) is 5.52. The number of amides is 2. The van der Waals surface area contributed by atoms with Crippen molar-refractivity contribution in [2.45, 2.75) is 20.5 Å². The molecule has 3 aromatic carbocycles. The van der Waals surface area contributed by atoms with Gasteiger partial charge in [-0.2, -0.15) is 0 Å². The monoisotopic (exact) mass is 443 g/mol. The van der Waals surface area contributed by atoms with E-state index in [1.54, 1.807) is 24.3 Å². The lowest BCUT2D eigenvalue weighted by atomic mass is 10.0. The minimum Gasteiger partial charge on any atom is -0.488 e. The summed E-state index contributed by atoms with van der Waals surface area (Å²) in [5, 5.41) is 11.5. The second-order valence-corrected chi connectivity index (χ2v) is 7.79. The summed E-state index contributed by atoms with van der Waals surface area (Å²) in [7, 11) is 0. The quantitative estimate of drug-likeness (QED) is 0.467. The van der Waals surface area contributed by atoms with Crippen molar-refractivity contribution in [1.29, 1.82) is 0 Å². The molecule has 0 saturated carbocycles. The Morgan fingerprint density at radius 3 is 2.67 bits per heavy atom. The van der Waals surface area contributed by atoms with Crippen LogP contribution in [0.2, 0.25) is 0 Å². The van der Waals surface area contributed by atoms with Gasteiger partial charge in [0.1, 0.15) is 23.9 Å². The fourth-order valence-electron chi connectivity index (χ4n) is 3.73. The van der Waals surface area contributed by atoms with E-state index >= 15 is 0 Å². The molecule has 2 N–H and O–H groups in total. The van der Waals surface area contributed by atoms with Crippen LogP contribution < -0.4 is 20.1 Å². The normalized spacial score (nSPS) is 12.6. The average Bonchev–Trinajstić information content (AvgIpc) is 3.13. The standard InChI is InChI=1S/C25H21N3O5/c1-14-20(15(2)33-28-14)12-31-23-10-17-6-4-3-5-16(17)9-19(23)25(30)26-18-7-8-22-21(11-18)27-24(29)13-32-22/h3-11H,12-13H2,1-2H3,(H,26,30)(H,27,29). The van der Waals surface area contributed by atoms with Gasteiger partial charge in [0.15, 0.2) is 6.61 Å². The largest absolute Gasteiger partial charge is 0.488 e. The number of anilines is 2. The smallest absolute Gasteiger partial charge is 0.262 e. The van der Waals surface area contributed by atoms with Crippen LogP contribution in [0, 0.1) is 13.8 Å². The Kier molecular flexibility index (Phi) is 5.18. The van der Waals surface area contributed by atoms with Crippen molar-refractivity contribution < 1.29 is 23.6 Å². The highest BCUT2D eigenvalue weighted by molar-refractivity contribution is 6.09. The van der Waals surface area contributed by atoms with Crippen molar-refractivity contribution in [2.75, 3.05) is 17.2 Å². The molecule has 0 bridgehead atoms. The molecule has 5 rings (SSSR count). The molecular formula is C25H21N3O5. The van der Waals surface area contributed by atoms with Gasteiger partial charge in [0, 0.05) is 5.69 Å². The zero-order chi connectivity index (χ0) is 22.9. The Hall–Kier alpha value is -4.33. The van der Waals surface area contributed by atoms with E-state index in [9.17, 15) is 9.59 Å². The number of nitrogens with zero attached hydrogens (tertiary/aromatic N) is 1. The number of carbonyl (C=O) groups excluding carboxylic acids is 2. The minimum absolute atomic E-state index is 0.0262. The van der Waals surface area contributed by atoms with E-state index in [1.165, 1.54) is 0 Å². The van der Waals surface area contributed by atoms with Crippen LogP contribution in [0.5, 0.6) is 11.5 Å². The molecule has 0 fully saturated rings. The highest BCUT2D eigenvalue weighted by Gasteiger charge is 2.19. The van der Waals surface area contributed by atoms with Crippen LogP contribution in [0.25, 0.3) is 10.8 Å². The summed E-state index contributed by atoms with van der Waals surface area (Å²) in [6.45, 7) is 3.87. The molecule has 2 amide bonds. The van der Waals surface area contributed by atoms with Crippen molar-refractivity contribution in [3.63, 3.8) is 0 Å². The number of aryl methyl sites for hydroxylation is 2. The molecular weight excluding hydrogens is 422 g/mol. The number of hydrogen-bond acceptors (Lipinski definition) is 6. The van der Waals surface area contributed by atoms with Crippen LogP contribution in [-0.4, -0.2) is 23.6 Å². The van der Waals surface area contributed by atoms with E-state index in [1.807, 2.05) is 44.2 Å². The maximum atomic E-state index is 13.3. The Labute approximate surface area is 189 Å². The van der Waals surface area contributed by atoms with Gasteiger partial charge in [-0.25, -0.2) is 0 Å². The fraction of sp³-hybridized carbons (Fsp3) is 0.160. The lowest BCUT2D eigenvalue weighted by molar-refractivity contribution is -0.118. The number of benzene rings is 3. The van der Waals surface area contributed by atoms with E-state index in [2.05, 4.69) is 15.8 Å². The number of carbonyl (C=O) groups is 2. The summed E-state index contributed by atoms with van der Waals surface area (Å²) in [6, 6.07) is 16.5. The van der Waals surface area contributed by atoms with Crippen molar-refractivity contribution in [2.24, 2.45) is 0 Å². The van der Waals surface area contributed by atoms with Gasteiger partial charge in [-0.1, -0.05) is 29.4 Å². The Bertz CT molecular complexity index is 1370. The van der Waals surface area contributed by atoms with E-state index in [0.717, 1.165) is 22.0 Å². The summed E-state index contributed by atoms with van der Waals surface area (Å²) in [6.07, 6.45) is 0. The Balaban J connectivity index is 1.45. The van der Waals surface area contributed by atoms with Gasteiger partial charge in [-0.05, 0) is 55.0 Å². The molecule has 0 atom stereocenters. The molecule has 0 radical (unpaired) electrons. The third-order valence-electron chi connectivity index (χ3n) is 5.52. The molecule has 1 aromatic heterocycles. The summed E-state index contributed by atoms with van der Waals surface area (Å²) >= 11 is 0. The molecule has 0 spiro atoms. The molecule has 1 aliphatic rings. The van der Waals surface area contributed by atoms with Gasteiger partial charge < -0.3 is 24.6 Å². The number of hydrogen-bond donors (Lipinski definition) is 2. The summed E-state index contributed by atoms with van der Waals surface area (Å²) in [5.74, 6) is 1.10. The van der Waals surface area contributed by atoms with E-state index < -0.39 is 0 Å². The van der Waals surface area contributed by atoms with E-state index in [4.69, 9.17) is 14.0 Å². The Morgan fingerprint density at radius 2 is 1.91 bits per heavy atom. The first-order chi connectivity index (χ1) is 16.0. The molecule has 1 aliphatic heterocycles. The molecule has 8 nitrogen and oxygen atoms in total. The highest BCUT2D eigenvalue weighted by atomic mass is 16.5. The number of aromatic nitrogens is 1. The molecule has 33 heavy (non-hydrogen) atoms. The number of rotatable bonds is 5. The van der Waals surface area contributed by atoms with Crippen LogP contribution in [0.1, 0.15) is 27.4 Å². The molecule has 0 aliphatic carbocycles. The highest BCUT2D eigenvalue weighted by Crippen LogP contribution is 2.32. The molecule has 0 unspecified atom stereocenters. The van der Waals surface area contributed by atoms with Crippen LogP contribution in [-0.2, 0) is 11.4 Å². The van der Waals surface area contributed by atoms with Gasteiger partial charge in [0.25, 0.3) is 11.8 Å². The molecule has 4 aromatic rings. The van der Waals surface area contributed by atoms with Crippen molar-refractivity contribution >= 4 is 34.0 Å².